The number of hydrogen-bond donors (Lipinski definition) is 2. The molecule has 4 heteroatoms. The van der Waals surface area contributed by atoms with Crippen LogP contribution >= 0.6 is 22.6 Å². The predicted molar refractivity (Wildman–Crippen MR) is 91.1 cm³/mol. The van der Waals surface area contributed by atoms with Crippen molar-refractivity contribution in [2.24, 2.45) is 0 Å². The average Bonchev–Trinajstić information content (AvgIpc) is 2.44. The summed E-state index contributed by atoms with van der Waals surface area (Å²) in [6.07, 6.45) is 0. The molecule has 1 amide bonds. The lowest BCUT2D eigenvalue weighted by molar-refractivity contribution is 0.102. The van der Waals surface area contributed by atoms with E-state index in [0.717, 1.165) is 26.9 Å². The third-order valence-corrected chi connectivity index (χ3v) is 4.50. The summed E-state index contributed by atoms with van der Waals surface area (Å²) in [4.78, 5) is 12.4. The number of carbonyl (C=O) groups is 1. The zero-order chi connectivity index (χ0) is 14.5. The molecule has 0 aliphatic carbocycles. The largest absolute Gasteiger partial charge is 0.322 e. The lowest BCUT2D eigenvalue weighted by atomic mass is 10.1. The van der Waals surface area contributed by atoms with E-state index in [2.05, 4.69) is 33.2 Å². The third-order valence-electron chi connectivity index (χ3n) is 3.07. The summed E-state index contributed by atoms with van der Waals surface area (Å²) < 4.78 is 0.994. The molecule has 0 unspecified atom stereocenters. The van der Waals surface area contributed by atoms with E-state index < -0.39 is 0 Å². The van der Waals surface area contributed by atoms with Crippen LogP contribution < -0.4 is 10.6 Å². The molecule has 2 aromatic carbocycles. The SMILES string of the molecule is CNCc1ccccc1NC(=O)c1cccc(C)c1I. The van der Waals surface area contributed by atoms with Crippen molar-refractivity contribution in [3.05, 3.63) is 62.7 Å². The van der Waals surface area contributed by atoms with Crippen molar-refractivity contribution in [1.29, 1.82) is 0 Å². The Morgan fingerprint density at radius 1 is 1.15 bits per heavy atom. The lowest BCUT2D eigenvalue weighted by Crippen LogP contribution is -2.16. The number of aryl methyl sites for hydroxylation is 1. The molecule has 0 spiro atoms. The lowest BCUT2D eigenvalue weighted by Gasteiger charge is -2.12. The van der Waals surface area contributed by atoms with Gasteiger partial charge in [-0.05, 0) is 59.8 Å². The molecule has 0 aromatic heterocycles. The number of rotatable bonds is 4. The van der Waals surface area contributed by atoms with Crippen LogP contribution in [0.25, 0.3) is 0 Å². The molecule has 2 N–H and O–H groups in total. The maximum Gasteiger partial charge on any atom is 0.256 e. The fraction of sp³-hybridized carbons (Fsp3) is 0.188. The van der Waals surface area contributed by atoms with Gasteiger partial charge >= 0.3 is 0 Å². The average molecular weight is 380 g/mol. The van der Waals surface area contributed by atoms with E-state index in [1.54, 1.807) is 0 Å². The maximum atomic E-state index is 12.4. The molecule has 0 fully saturated rings. The van der Waals surface area contributed by atoms with Gasteiger partial charge in [0.2, 0.25) is 0 Å². The van der Waals surface area contributed by atoms with E-state index >= 15 is 0 Å². The molecule has 0 bridgehead atoms. The van der Waals surface area contributed by atoms with E-state index in [0.29, 0.717) is 5.56 Å². The molecule has 104 valence electrons. The highest BCUT2D eigenvalue weighted by Gasteiger charge is 2.12. The van der Waals surface area contributed by atoms with Crippen molar-refractivity contribution in [2.45, 2.75) is 13.5 Å². The van der Waals surface area contributed by atoms with Gasteiger partial charge in [0.05, 0.1) is 5.56 Å². The van der Waals surface area contributed by atoms with Gasteiger partial charge in [-0.2, -0.15) is 0 Å². The number of benzene rings is 2. The molecule has 0 aliphatic heterocycles. The fourth-order valence-electron chi connectivity index (χ4n) is 2.00. The van der Waals surface area contributed by atoms with E-state index in [-0.39, 0.29) is 5.91 Å². The van der Waals surface area contributed by atoms with Crippen LogP contribution in [0.5, 0.6) is 0 Å². The number of halogens is 1. The Hall–Kier alpha value is -1.40. The normalized spacial score (nSPS) is 10.3. The van der Waals surface area contributed by atoms with Gasteiger partial charge in [0, 0.05) is 15.8 Å². The van der Waals surface area contributed by atoms with Crippen LogP contribution in [-0.2, 0) is 6.54 Å². The highest BCUT2D eigenvalue weighted by Crippen LogP contribution is 2.20. The number of anilines is 1. The minimum atomic E-state index is -0.0679. The molecule has 2 aromatic rings. The first-order valence-corrected chi connectivity index (χ1v) is 7.50. The van der Waals surface area contributed by atoms with E-state index in [9.17, 15) is 4.79 Å². The monoisotopic (exact) mass is 380 g/mol. The van der Waals surface area contributed by atoms with Crippen LogP contribution in [0.4, 0.5) is 5.69 Å². The molecule has 0 atom stereocenters. The van der Waals surface area contributed by atoms with Crippen LogP contribution in [0.1, 0.15) is 21.5 Å². The number of nitrogens with one attached hydrogen (secondary N) is 2. The molecule has 0 saturated carbocycles. The van der Waals surface area contributed by atoms with Crippen molar-refractivity contribution in [3.63, 3.8) is 0 Å². The molecule has 3 nitrogen and oxygen atoms in total. The second-order valence-corrected chi connectivity index (χ2v) is 5.66. The topological polar surface area (TPSA) is 41.1 Å². The Balaban J connectivity index is 2.26. The number of para-hydroxylation sites is 1. The van der Waals surface area contributed by atoms with Crippen LogP contribution in [0.2, 0.25) is 0 Å². The van der Waals surface area contributed by atoms with E-state index in [1.807, 2.05) is 56.4 Å². The van der Waals surface area contributed by atoms with Crippen molar-refractivity contribution < 1.29 is 4.79 Å². The predicted octanol–water partition coefficient (Wildman–Crippen LogP) is 3.57. The molecule has 0 aliphatic rings. The highest BCUT2D eigenvalue weighted by molar-refractivity contribution is 14.1. The van der Waals surface area contributed by atoms with Crippen molar-refractivity contribution >= 4 is 34.2 Å². The molecule has 2 rings (SSSR count). The van der Waals surface area contributed by atoms with Crippen LogP contribution in [0.3, 0.4) is 0 Å². The Morgan fingerprint density at radius 3 is 2.65 bits per heavy atom. The van der Waals surface area contributed by atoms with Gasteiger partial charge in [0.25, 0.3) is 5.91 Å². The third kappa shape index (κ3) is 3.37. The zero-order valence-electron chi connectivity index (χ0n) is 11.5. The van der Waals surface area contributed by atoms with Crippen molar-refractivity contribution in [2.75, 3.05) is 12.4 Å². The molecular weight excluding hydrogens is 363 g/mol. The first kappa shape index (κ1) is 15.0. The molecule has 20 heavy (non-hydrogen) atoms. The Labute approximate surface area is 132 Å². The van der Waals surface area contributed by atoms with Gasteiger partial charge in [-0.15, -0.1) is 0 Å². The summed E-state index contributed by atoms with van der Waals surface area (Å²) in [5.41, 5.74) is 3.75. The highest BCUT2D eigenvalue weighted by atomic mass is 127. The van der Waals surface area contributed by atoms with E-state index in [1.165, 1.54) is 0 Å². The standard InChI is InChI=1S/C16H17IN2O/c1-11-6-5-8-13(15(11)17)16(20)19-14-9-4-3-7-12(14)10-18-2/h3-9,18H,10H2,1-2H3,(H,19,20). The number of carbonyl (C=O) groups excluding carboxylic acids is 1. The second kappa shape index (κ2) is 6.85. The molecule has 0 heterocycles. The molecule has 0 radical (unpaired) electrons. The summed E-state index contributed by atoms with van der Waals surface area (Å²) in [6.45, 7) is 2.73. The quantitative estimate of drug-likeness (QED) is 0.797. The molecular formula is C16H17IN2O. The van der Waals surface area contributed by atoms with Crippen LogP contribution in [0.15, 0.2) is 42.5 Å². The minimum Gasteiger partial charge on any atom is -0.322 e. The number of amides is 1. The van der Waals surface area contributed by atoms with Crippen molar-refractivity contribution in [3.8, 4) is 0 Å². The Morgan fingerprint density at radius 2 is 1.90 bits per heavy atom. The Kier molecular flexibility index (Phi) is 5.14. The van der Waals surface area contributed by atoms with Crippen LogP contribution in [0, 0.1) is 10.5 Å². The van der Waals surface area contributed by atoms with Gasteiger partial charge in [-0.25, -0.2) is 0 Å². The van der Waals surface area contributed by atoms with E-state index in [4.69, 9.17) is 0 Å². The van der Waals surface area contributed by atoms with Gasteiger partial charge in [-0.1, -0.05) is 30.3 Å². The zero-order valence-corrected chi connectivity index (χ0v) is 13.7. The Bertz CT molecular complexity index is 626. The first-order chi connectivity index (χ1) is 9.63. The van der Waals surface area contributed by atoms with Crippen LogP contribution in [-0.4, -0.2) is 13.0 Å². The van der Waals surface area contributed by atoms with Gasteiger partial charge in [0.15, 0.2) is 0 Å². The van der Waals surface area contributed by atoms with Gasteiger partial charge in [0.1, 0.15) is 0 Å². The maximum absolute atomic E-state index is 12.4. The smallest absolute Gasteiger partial charge is 0.256 e. The van der Waals surface area contributed by atoms with Crippen molar-refractivity contribution in [1.82, 2.24) is 5.32 Å². The summed E-state index contributed by atoms with van der Waals surface area (Å²) in [5, 5.41) is 6.10. The molecule has 0 saturated heterocycles. The second-order valence-electron chi connectivity index (χ2n) is 4.58. The summed E-state index contributed by atoms with van der Waals surface area (Å²) in [7, 11) is 1.89. The minimum absolute atomic E-state index is 0.0679. The summed E-state index contributed by atoms with van der Waals surface area (Å²) in [6, 6.07) is 13.6. The fourth-order valence-corrected chi connectivity index (χ4v) is 2.60. The number of hydrogen-bond acceptors (Lipinski definition) is 2. The van der Waals surface area contributed by atoms with Gasteiger partial charge in [-0.3, -0.25) is 4.79 Å². The summed E-state index contributed by atoms with van der Waals surface area (Å²) in [5.74, 6) is -0.0679. The van der Waals surface area contributed by atoms with Gasteiger partial charge < -0.3 is 10.6 Å². The summed E-state index contributed by atoms with van der Waals surface area (Å²) >= 11 is 2.22. The first-order valence-electron chi connectivity index (χ1n) is 6.42.